The molecule has 2 heteroatoms. The standard InChI is InChI=1S/C21H27NS/c1-2-10-16-22(15-9-1)17-18-23-21(19-11-5-3-6-12-19)20-13-7-4-8-14-20/h3-8,11-14,21H,1-2,9-10,15-18H2. The van der Waals surface area contributed by atoms with Gasteiger partial charge in [-0.1, -0.05) is 73.5 Å². The maximum atomic E-state index is 2.66. The molecule has 1 nitrogen and oxygen atoms in total. The van der Waals surface area contributed by atoms with Crippen LogP contribution in [0, 0.1) is 0 Å². The first kappa shape index (κ1) is 16.6. The van der Waals surface area contributed by atoms with E-state index in [1.165, 1.54) is 62.2 Å². The van der Waals surface area contributed by atoms with Gasteiger partial charge in [-0.2, -0.15) is 0 Å². The lowest BCUT2D eigenvalue weighted by Gasteiger charge is -2.22. The van der Waals surface area contributed by atoms with Gasteiger partial charge in [-0.3, -0.25) is 0 Å². The molecule has 0 N–H and O–H groups in total. The lowest BCUT2D eigenvalue weighted by atomic mass is 10.0. The minimum Gasteiger partial charge on any atom is -0.303 e. The molecule has 1 fully saturated rings. The van der Waals surface area contributed by atoms with Gasteiger partial charge in [0.2, 0.25) is 0 Å². The van der Waals surface area contributed by atoms with Crippen molar-refractivity contribution < 1.29 is 0 Å². The normalized spacial score (nSPS) is 16.4. The Morgan fingerprint density at radius 1 is 0.739 bits per heavy atom. The van der Waals surface area contributed by atoms with E-state index in [0.717, 1.165) is 0 Å². The summed E-state index contributed by atoms with van der Waals surface area (Å²) in [4.78, 5) is 2.66. The van der Waals surface area contributed by atoms with Gasteiger partial charge in [0.05, 0.1) is 5.25 Å². The van der Waals surface area contributed by atoms with Gasteiger partial charge in [-0.25, -0.2) is 0 Å². The Hall–Kier alpha value is -1.25. The van der Waals surface area contributed by atoms with Crippen LogP contribution in [0.4, 0.5) is 0 Å². The summed E-state index contributed by atoms with van der Waals surface area (Å²) in [5.74, 6) is 1.20. The summed E-state index contributed by atoms with van der Waals surface area (Å²) in [5, 5.41) is 0.448. The lowest BCUT2D eigenvalue weighted by molar-refractivity contribution is 0.303. The Morgan fingerprint density at radius 2 is 1.26 bits per heavy atom. The van der Waals surface area contributed by atoms with Crippen molar-refractivity contribution in [2.24, 2.45) is 0 Å². The highest BCUT2D eigenvalue weighted by Crippen LogP contribution is 2.35. The van der Waals surface area contributed by atoms with Crippen LogP contribution in [0.2, 0.25) is 0 Å². The van der Waals surface area contributed by atoms with Crippen LogP contribution in [0.1, 0.15) is 42.1 Å². The van der Waals surface area contributed by atoms with E-state index in [2.05, 4.69) is 77.3 Å². The van der Waals surface area contributed by atoms with Crippen LogP contribution in [0.5, 0.6) is 0 Å². The summed E-state index contributed by atoms with van der Waals surface area (Å²) in [6.45, 7) is 3.81. The molecule has 1 saturated heterocycles. The number of thioether (sulfide) groups is 1. The predicted octanol–water partition coefficient (Wildman–Crippen LogP) is 5.39. The van der Waals surface area contributed by atoms with Gasteiger partial charge in [-0.05, 0) is 37.1 Å². The third-order valence-electron chi connectivity index (χ3n) is 4.60. The lowest BCUT2D eigenvalue weighted by Crippen LogP contribution is -2.27. The molecule has 0 unspecified atom stereocenters. The van der Waals surface area contributed by atoms with Gasteiger partial charge in [0.1, 0.15) is 0 Å². The molecule has 23 heavy (non-hydrogen) atoms. The molecule has 0 atom stereocenters. The van der Waals surface area contributed by atoms with Crippen molar-refractivity contribution in [2.75, 3.05) is 25.4 Å². The van der Waals surface area contributed by atoms with Gasteiger partial charge in [0.15, 0.2) is 0 Å². The van der Waals surface area contributed by atoms with Crippen molar-refractivity contribution in [1.29, 1.82) is 0 Å². The molecule has 0 bridgehead atoms. The number of likely N-dealkylation sites (tertiary alicyclic amines) is 1. The molecule has 0 amide bonds. The zero-order valence-electron chi connectivity index (χ0n) is 13.9. The highest BCUT2D eigenvalue weighted by atomic mass is 32.2. The van der Waals surface area contributed by atoms with Crippen molar-refractivity contribution in [3.8, 4) is 0 Å². The Kier molecular flexibility index (Phi) is 6.60. The second-order valence-electron chi connectivity index (χ2n) is 6.33. The largest absolute Gasteiger partial charge is 0.303 e. The van der Waals surface area contributed by atoms with Crippen LogP contribution in [0.3, 0.4) is 0 Å². The van der Waals surface area contributed by atoms with Crippen molar-refractivity contribution in [3.63, 3.8) is 0 Å². The third kappa shape index (κ3) is 5.12. The van der Waals surface area contributed by atoms with Crippen molar-refractivity contribution in [3.05, 3.63) is 71.8 Å². The summed E-state index contributed by atoms with van der Waals surface area (Å²) in [6.07, 6.45) is 5.59. The van der Waals surface area contributed by atoms with Crippen LogP contribution >= 0.6 is 11.8 Å². The molecule has 0 saturated carbocycles. The van der Waals surface area contributed by atoms with Crippen LogP contribution in [-0.2, 0) is 0 Å². The van der Waals surface area contributed by atoms with Crippen molar-refractivity contribution in [1.82, 2.24) is 4.90 Å². The SMILES string of the molecule is c1ccc(C(SCCN2CCCCCC2)c2ccccc2)cc1. The minimum atomic E-state index is 0.448. The van der Waals surface area contributed by atoms with Crippen LogP contribution < -0.4 is 0 Å². The zero-order chi connectivity index (χ0) is 15.7. The average molecular weight is 326 g/mol. The Morgan fingerprint density at radius 3 is 1.78 bits per heavy atom. The Balaban J connectivity index is 1.62. The fourth-order valence-corrected chi connectivity index (χ4v) is 4.60. The third-order valence-corrected chi connectivity index (χ3v) is 5.89. The first-order valence-electron chi connectivity index (χ1n) is 8.87. The molecule has 1 heterocycles. The second kappa shape index (κ2) is 9.14. The zero-order valence-corrected chi connectivity index (χ0v) is 14.7. The van der Waals surface area contributed by atoms with Gasteiger partial charge in [-0.15, -0.1) is 11.8 Å². The summed E-state index contributed by atoms with van der Waals surface area (Å²) < 4.78 is 0. The number of hydrogen-bond donors (Lipinski definition) is 0. The molecule has 2 aromatic carbocycles. The molecule has 0 spiro atoms. The topological polar surface area (TPSA) is 3.24 Å². The van der Waals surface area contributed by atoms with Gasteiger partial charge in [0, 0.05) is 12.3 Å². The number of hydrogen-bond acceptors (Lipinski definition) is 2. The highest BCUT2D eigenvalue weighted by Gasteiger charge is 2.15. The summed E-state index contributed by atoms with van der Waals surface area (Å²) >= 11 is 2.09. The monoisotopic (exact) mass is 325 g/mol. The van der Waals surface area contributed by atoms with E-state index >= 15 is 0 Å². The van der Waals surface area contributed by atoms with Gasteiger partial charge >= 0.3 is 0 Å². The quantitative estimate of drug-likeness (QED) is 0.701. The summed E-state index contributed by atoms with van der Waals surface area (Å²) in [7, 11) is 0. The maximum absolute atomic E-state index is 2.66. The average Bonchev–Trinajstić information content (AvgIpc) is 2.89. The number of nitrogens with zero attached hydrogens (tertiary/aromatic N) is 1. The smallest absolute Gasteiger partial charge is 0.0547 e. The van der Waals surface area contributed by atoms with E-state index in [4.69, 9.17) is 0 Å². The van der Waals surface area contributed by atoms with E-state index in [9.17, 15) is 0 Å². The molecular weight excluding hydrogens is 298 g/mol. The molecule has 122 valence electrons. The van der Waals surface area contributed by atoms with E-state index in [0.29, 0.717) is 5.25 Å². The molecule has 0 aliphatic carbocycles. The molecule has 2 aromatic rings. The van der Waals surface area contributed by atoms with Crippen LogP contribution in [0.25, 0.3) is 0 Å². The van der Waals surface area contributed by atoms with Crippen LogP contribution in [-0.4, -0.2) is 30.3 Å². The van der Waals surface area contributed by atoms with Gasteiger partial charge in [0.25, 0.3) is 0 Å². The van der Waals surface area contributed by atoms with Gasteiger partial charge < -0.3 is 4.90 Å². The highest BCUT2D eigenvalue weighted by molar-refractivity contribution is 7.99. The molecule has 0 aromatic heterocycles. The van der Waals surface area contributed by atoms with E-state index in [-0.39, 0.29) is 0 Å². The Labute approximate surface area is 145 Å². The van der Waals surface area contributed by atoms with E-state index < -0.39 is 0 Å². The maximum Gasteiger partial charge on any atom is 0.0547 e. The fourth-order valence-electron chi connectivity index (χ4n) is 3.30. The molecule has 0 radical (unpaired) electrons. The van der Waals surface area contributed by atoms with Crippen molar-refractivity contribution >= 4 is 11.8 Å². The fraction of sp³-hybridized carbons (Fsp3) is 0.429. The minimum absolute atomic E-state index is 0.448. The summed E-state index contributed by atoms with van der Waals surface area (Å²) in [6, 6.07) is 21.9. The first-order chi connectivity index (χ1) is 11.4. The second-order valence-corrected chi connectivity index (χ2v) is 7.54. The predicted molar refractivity (Wildman–Crippen MR) is 102 cm³/mol. The first-order valence-corrected chi connectivity index (χ1v) is 9.92. The molecule has 1 aliphatic heterocycles. The van der Waals surface area contributed by atoms with Crippen molar-refractivity contribution in [2.45, 2.75) is 30.9 Å². The molecular formula is C21H27NS. The summed E-state index contributed by atoms with van der Waals surface area (Å²) in [5.41, 5.74) is 2.83. The number of benzene rings is 2. The molecule has 3 rings (SSSR count). The Bertz CT molecular complexity index is 507. The van der Waals surface area contributed by atoms with E-state index in [1.807, 2.05) is 0 Å². The van der Waals surface area contributed by atoms with E-state index in [1.54, 1.807) is 0 Å². The molecule has 1 aliphatic rings. The van der Waals surface area contributed by atoms with Crippen LogP contribution in [0.15, 0.2) is 60.7 Å². The number of rotatable bonds is 6.